The highest BCUT2D eigenvalue weighted by Gasteiger charge is 2.31. The van der Waals surface area contributed by atoms with Crippen LogP contribution < -0.4 is 21.1 Å². The summed E-state index contributed by atoms with van der Waals surface area (Å²) in [6.07, 6.45) is 3.47. The van der Waals surface area contributed by atoms with Gasteiger partial charge in [-0.25, -0.2) is 14.3 Å². The van der Waals surface area contributed by atoms with Gasteiger partial charge in [-0.3, -0.25) is 4.57 Å². The Kier molecular flexibility index (Phi) is 4.88. The minimum atomic E-state index is -0.366. The smallest absolute Gasteiger partial charge is 0.346 e. The van der Waals surface area contributed by atoms with E-state index in [0.29, 0.717) is 23.0 Å². The number of carbonyl (C=O) groups excluding carboxylic acids is 1. The topological polar surface area (TPSA) is 103 Å². The Balaban J connectivity index is 1.39. The molecule has 9 heteroatoms. The summed E-state index contributed by atoms with van der Waals surface area (Å²) in [6, 6.07) is 10.4. The summed E-state index contributed by atoms with van der Waals surface area (Å²) in [5.41, 5.74) is 0.427. The van der Waals surface area contributed by atoms with E-state index in [1.54, 1.807) is 54.3 Å². The second-order valence-electron chi connectivity index (χ2n) is 6.52. The summed E-state index contributed by atoms with van der Waals surface area (Å²) >= 11 is 0. The third-order valence-corrected chi connectivity index (χ3v) is 4.46. The van der Waals surface area contributed by atoms with Gasteiger partial charge in [0.15, 0.2) is 5.76 Å². The number of hydrogen-bond donors (Lipinski definition) is 2. The first kappa shape index (κ1) is 17.9. The van der Waals surface area contributed by atoms with E-state index in [4.69, 9.17) is 9.15 Å². The van der Waals surface area contributed by atoms with Crippen LogP contribution in [-0.4, -0.2) is 34.0 Å². The van der Waals surface area contributed by atoms with Gasteiger partial charge in [0.05, 0.1) is 19.9 Å². The minimum absolute atomic E-state index is 0.172. The number of nitrogens with zero attached hydrogens (tertiary/aromatic N) is 3. The number of anilines is 1. The van der Waals surface area contributed by atoms with E-state index in [1.165, 1.54) is 4.68 Å². The number of carbonyl (C=O) groups is 1. The number of rotatable bonds is 7. The van der Waals surface area contributed by atoms with Crippen molar-refractivity contribution in [3.8, 4) is 17.3 Å². The fraction of sp³-hybridized carbons (Fsp3) is 0.316. The van der Waals surface area contributed by atoms with Crippen LogP contribution in [0, 0.1) is 0 Å². The third kappa shape index (κ3) is 3.78. The zero-order valence-electron chi connectivity index (χ0n) is 15.4. The highest BCUT2D eigenvalue weighted by molar-refractivity contribution is 5.89. The molecule has 1 aromatic carbocycles. The number of hydrogen-bond acceptors (Lipinski definition) is 5. The van der Waals surface area contributed by atoms with Gasteiger partial charge in [-0.15, -0.1) is 5.10 Å². The van der Waals surface area contributed by atoms with E-state index in [-0.39, 0.29) is 30.9 Å². The van der Waals surface area contributed by atoms with Crippen molar-refractivity contribution < 1.29 is 13.9 Å². The van der Waals surface area contributed by atoms with Gasteiger partial charge in [-0.1, -0.05) is 6.07 Å². The zero-order chi connectivity index (χ0) is 19.5. The molecule has 0 spiro atoms. The summed E-state index contributed by atoms with van der Waals surface area (Å²) in [6.45, 7) is 0.521. The first-order valence-electron chi connectivity index (χ1n) is 9.08. The molecule has 0 atom stereocenters. The third-order valence-electron chi connectivity index (χ3n) is 4.46. The Labute approximate surface area is 160 Å². The van der Waals surface area contributed by atoms with Crippen molar-refractivity contribution in [2.45, 2.75) is 25.4 Å². The van der Waals surface area contributed by atoms with Gasteiger partial charge in [0, 0.05) is 24.3 Å². The maximum Gasteiger partial charge on any atom is 0.346 e. The summed E-state index contributed by atoms with van der Waals surface area (Å²) in [7, 11) is 1.56. The molecule has 0 bridgehead atoms. The second-order valence-corrected chi connectivity index (χ2v) is 6.52. The number of aromatic nitrogens is 3. The lowest BCUT2D eigenvalue weighted by Gasteiger charge is -2.08. The quantitative estimate of drug-likeness (QED) is 0.652. The van der Waals surface area contributed by atoms with Crippen LogP contribution in [0.15, 0.2) is 51.9 Å². The van der Waals surface area contributed by atoms with Crippen molar-refractivity contribution in [1.82, 2.24) is 19.7 Å². The van der Waals surface area contributed by atoms with Gasteiger partial charge in [0.2, 0.25) is 5.82 Å². The molecule has 0 unspecified atom stereocenters. The minimum Gasteiger partial charge on any atom is -0.497 e. The molecular weight excluding hydrogens is 362 g/mol. The highest BCUT2D eigenvalue weighted by Crippen LogP contribution is 2.36. The first-order chi connectivity index (χ1) is 13.7. The average Bonchev–Trinajstić information content (AvgIpc) is 3.27. The molecule has 2 amide bonds. The van der Waals surface area contributed by atoms with Crippen LogP contribution >= 0.6 is 0 Å². The first-order valence-corrected chi connectivity index (χ1v) is 9.08. The number of methoxy groups -OCH3 is 1. The van der Waals surface area contributed by atoms with E-state index in [2.05, 4.69) is 15.7 Å². The second kappa shape index (κ2) is 7.63. The van der Waals surface area contributed by atoms with Crippen molar-refractivity contribution in [1.29, 1.82) is 0 Å². The molecule has 2 N–H and O–H groups in total. The van der Waals surface area contributed by atoms with Gasteiger partial charge in [-0.2, -0.15) is 0 Å². The molecule has 3 aromatic rings. The van der Waals surface area contributed by atoms with Crippen LogP contribution in [0.25, 0.3) is 11.6 Å². The largest absolute Gasteiger partial charge is 0.497 e. The fourth-order valence-electron chi connectivity index (χ4n) is 2.95. The monoisotopic (exact) mass is 383 g/mol. The van der Waals surface area contributed by atoms with E-state index < -0.39 is 0 Å². The van der Waals surface area contributed by atoms with Crippen molar-refractivity contribution >= 4 is 11.7 Å². The van der Waals surface area contributed by atoms with Gasteiger partial charge in [0.1, 0.15) is 5.75 Å². The summed E-state index contributed by atoms with van der Waals surface area (Å²) < 4.78 is 13.6. The molecule has 0 aliphatic heterocycles. The van der Waals surface area contributed by atoms with E-state index in [0.717, 1.165) is 12.8 Å². The lowest BCUT2D eigenvalue weighted by molar-refractivity contribution is 0.251. The molecule has 28 heavy (non-hydrogen) atoms. The molecule has 9 nitrogen and oxygen atoms in total. The van der Waals surface area contributed by atoms with E-state index >= 15 is 0 Å². The molecule has 1 saturated carbocycles. The van der Waals surface area contributed by atoms with Gasteiger partial charge in [-0.05, 0) is 37.1 Å². The Bertz CT molecular complexity index is 1020. The summed E-state index contributed by atoms with van der Waals surface area (Å²) in [5, 5.41) is 9.86. The number of urea groups is 1. The van der Waals surface area contributed by atoms with Crippen LogP contribution in [0.2, 0.25) is 0 Å². The van der Waals surface area contributed by atoms with Crippen molar-refractivity contribution in [2.75, 3.05) is 19.0 Å². The molecule has 4 rings (SSSR count). The summed E-state index contributed by atoms with van der Waals surface area (Å²) in [4.78, 5) is 24.8. The van der Waals surface area contributed by atoms with Gasteiger partial charge >= 0.3 is 11.7 Å². The van der Waals surface area contributed by atoms with Crippen molar-refractivity contribution in [3.63, 3.8) is 0 Å². The molecule has 1 aliphatic carbocycles. The van der Waals surface area contributed by atoms with Crippen molar-refractivity contribution in [3.05, 3.63) is 53.1 Å². The molecular formula is C19H21N5O4. The van der Waals surface area contributed by atoms with E-state index in [1.807, 2.05) is 0 Å². The standard InChI is InChI=1S/C19H21N5O4/c1-27-15-5-2-4-13(12-15)21-18(25)20-9-10-23-19(26)24(14-7-8-14)17(22-23)16-6-3-11-28-16/h2-6,11-12,14H,7-10H2,1H3,(H2,20,21,25). The normalized spacial score (nSPS) is 13.3. The Hall–Kier alpha value is -3.49. The number of ether oxygens (including phenoxy) is 1. The number of amides is 2. The molecule has 1 fully saturated rings. The predicted molar refractivity (Wildman–Crippen MR) is 102 cm³/mol. The highest BCUT2D eigenvalue weighted by atomic mass is 16.5. The molecule has 0 radical (unpaired) electrons. The SMILES string of the molecule is COc1cccc(NC(=O)NCCn2nc(-c3ccco3)n(C3CC3)c2=O)c1. The lowest BCUT2D eigenvalue weighted by atomic mass is 10.3. The maximum atomic E-state index is 12.7. The van der Waals surface area contributed by atoms with Gasteiger partial charge < -0.3 is 19.8 Å². The van der Waals surface area contributed by atoms with Gasteiger partial charge in [0.25, 0.3) is 0 Å². The number of nitrogens with one attached hydrogen (secondary N) is 2. The fourth-order valence-corrected chi connectivity index (χ4v) is 2.95. The number of furan rings is 1. The van der Waals surface area contributed by atoms with E-state index in [9.17, 15) is 9.59 Å². The predicted octanol–water partition coefficient (Wildman–Crippen LogP) is 2.47. The Morgan fingerprint density at radius 3 is 2.89 bits per heavy atom. The van der Waals surface area contributed by atoms with Crippen LogP contribution in [0.3, 0.4) is 0 Å². The maximum absolute atomic E-state index is 12.7. The van der Waals surface area contributed by atoms with Crippen LogP contribution in [0.4, 0.5) is 10.5 Å². The summed E-state index contributed by atoms with van der Waals surface area (Å²) in [5.74, 6) is 1.74. The zero-order valence-corrected chi connectivity index (χ0v) is 15.4. The molecule has 2 heterocycles. The Morgan fingerprint density at radius 2 is 2.18 bits per heavy atom. The van der Waals surface area contributed by atoms with Crippen LogP contribution in [-0.2, 0) is 6.54 Å². The molecule has 2 aromatic heterocycles. The molecule has 146 valence electrons. The van der Waals surface area contributed by atoms with Crippen LogP contribution in [0.1, 0.15) is 18.9 Å². The average molecular weight is 383 g/mol. The van der Waals surface area contributed by atoms with Crippen LogP contribution in [0.5, 0.6) is 5.75 Å². The number of benzene rings is 1. The molecule has 1 aliphatic rings. The Morgan fingerprint density at radius 1 is 1.32 bits per heavy atom. The van der Waals surface area contributed by atoms with Crippen molar-refractivity contribution in [2.24, 2.45) is 0 Å². The lowest BCUT2D eigenvalue weighted by Crippen LogP contribution is -2.34. The molecule has 0 saturated heterocycles.